The summed E-state index contributed by atoms with van der Waals surface area (Å²) in [6.45, 7) is 1.80. The fourth-order valence-corrected chi connectivity index (χ4v) is 6.31. The number of anilines is 1. The van der Waals surface area contributed by atoms with E-state index in [0.717, 1.165) is 35.7 Å². The van der Waals surface area contributed by atoms with Crippen molar-refractivity contribution >= 4 is 38.4 Å². The van der Waals surface area contributed by atoms with Crippen LogP contribution in [0.1, 0.15) is 25.0 Å². The summed E-state index contributed by atoms with van der Waals surface area (Å²) in [5.41, 5.74) is 1.74. The molecule has 0 saturated carbocycles. The predicted octanol–water partition coefficient (Wildman–Crippen LogP) is 4.66. The van der Waals surface area contributed by atoms with Gasteiger partial charge in [0.05, 0.1) is 22.0 Å². The highest BCUT2D eigenvalue weighted by Crippen LogP contribution is 2.28. The monoisotopic (exact) mass is 419 g/mol. The summed E-state index contributed by atoms with van der Waals surface area (Å²) < 4.78 is 27.3. The standard InChI is InChI=1S/C19H21N3O2S3/c23-27(24,22-9-2-1-3-10-22)17-7-4-6-15(12-17)20-13-16-14-26-19(21-16)18-8-5-11-25-18/h4-8,11-12,14,20H,1-3,9-10,13H2. The summed E-state index contributed by atoms with van der Waals surface area (Å²) in [7, 11) is -3.41. The fraction of sp³-hybridized carbons (Fsp3) is 0.316. The van der Waals surface area contributed by atoms with Gasteiger partial charge in [0.15, 0.2) is 0 Å². The molecule has 0 unspecified atom stereocenters. The Morgan fingerprint density at radius 3 is 2.70 bits per heavy atom. The van der Waals surface area contributed by atoms with E-state index in [1.165, 1.54) is 4.88 Å². The average Bonchev–Trinajstić information content (AvgIpc) is 3.39. The van der Waals surface area contributed by atoms with E-state index < -0.39 is 10.0 Å². The van der Waals surface area contributed by atoms with Crippen molar-refractivity contribution in [3.63, 3.8) is 0 Å². The van der Waals surface area contributed by atoms with Crippen LogP contribution < -0.4 is 5.32 Å². The normalized spacial score (nSPS) is 15.7. The molecule has 3 aromatic rings. The van der Waals surface area contributed by atoms with E-state index in [1.54, 1.807) is 45.2 Å². The second kappa shape index (κ2) is 8.10. The number of hydrogen-bond acceptors (Lipinski definition) is 6. The van der Waals surface area contributed by atoms with Crippen molar-refractivity contribution in [2.24, 2.45) is 0 Å². The summed E-state index contributed by atoms with van der Waals surface area (Å²) in [5, 5.41) is 8.40. The first-order valence-corrected chi connectivity index (χ1v) is 12.2. The molecule has 1 aliphatic heterocycles. The Hall–Kier alpha value is -1.74. The van der Waals surface area contributed by atoms with Gasteiger partial charge in [-0.15, -0.1) is 22.7 Å². The van der Waals surface area contributed by atoms with Crippen molar-refractivity contribution in [1.29, 1.82) is 0 Å². The van der Waals surface area contributed by atoms with Crippen LogP contribution in [-0.2, 0) is 16.6 Å². The van der Waals surface area contributed by atoms with Crippen molar-refractivity contribution in [2.45, 2.75) is 30.7 Å². The first-order chi connectivity index (χ1) is 13.1. The molecule has 1 fully saturated rings. The maximum absolute atomic E-state index is 12.8. The van der Waals surface area contributed by atoms with Crippen molar-refractivity contribution in [1.82, 2.24) is 9.29 Å². The Bertz CT molecular complexity index is 991. The number of benzene rings is 1. The van der Waals surface area contributed by atoms with Crippen LogP contribution in [0.15, 0.2) is 52.1 Å². The number of hydrogen-bond donors (Lipinski definition) is 1. The van der Waals surface area contributed by atoms with E-state index in [0.29, 0.717) is 24.5 Å². The van der Waals surface area contributed by atoms with E-state index >= 15 is 0 Å². The minimum Gasteiger partial charge on any atom is -0.379 e. The quantitative estimate of drug-likeness (QED) is 0.631. The van der Waals surface area contributed by atoms with Gasteiger partial charge < -0.3 is 5.32 Å². The molecule has 1 aromatic carbocycles. The zero-order valence-corrected chi connectivity index (χ0v) is 17.2. The van der Waals surface area contributed by atoms with Gasteiger partial charge in [0.2, 0.25) is 10.0 Å². The Morgan fingerprint density at radius 2 is 1.93 bits per heavy atom. The number of nitrogens with zero attached hydrogens (tertiary/aromatic N) is 2. The highest BCUT2D eigenvalue weighted by Gasteiger charge is 2.25. The van der Waals surface area contributed by atoms with Gasteiger partial charge >= 0.3 is 0 Å². The van der Waals surface area contributed by atoms with Crippen LogP contribution in [0.3, 0.4) is 0 Å². The zero-order valence-electron chi connectivity index (χ0n) is 14.8. The lowest BCUT2D eigenvalue weighted by atomic mass is 10.2. The second-order valence-corrected chi connectivity index (χ2v) is 10.2. The number of nitrogens with one attached hydrogen (secondary N) is 1. The van der Waals surface area contributed by atoms with Gasteiger partial charge in [-0.1, -0.05) is 18.6 Å². The lowest BCUT2D eigenvalue weighted by Gasteiger charge is -2.26. The number of aromatic nitrogens is 1. The molecule has 0 spiro atoms. The molecule has 0 amide bonds. The third kappa shape index (κ3) is 4.24. The van der Waals surface area contributed by atoms with E-state index in [9.17, 15) is 8.42 Å². The van der Waals surface area contributed by atoms with Crippen LogP contribution >= 0.6 is 22.7 Å². The van der Waals surface area contributed by atoms with Crippen LogP contribution in [-0.4, -0.2) is 30.8 Å². The molecule has 0 aliphatic carbocycles. The number of rotatable bonds is 6. The third-order valence-corrected chi connectivity index (χ3v) is 8.37. The van der Waals surface area contributed by atoms with E-state index in [1.807, 2.05) is 22.9 Å². The van der Waals surface area contributed by atoms with Crippen LogP contribution in [0, 0.1) is 0 Å². The molecule has 27 heavy (non-hydrogen) atoms. The summed E-state index contributed by atoms with van der Waals surface area (Å²) in [6, 6.07) is 11.2. The molecule has 2 aromatic heterocycles. The van der Waals surface area contributed by atoms with Gasteiger partial charge in [-0.3, -0.25) is 0 Å². The number of thiazole rings is 1. The van der Waals surface area contributed by atoms with Gasteiger partial charge in [0.1, 0.15) is 5.01 Å². The Labute approximate surface area is 167 Å². The largest absolute Gasteiger partial charge is 0.379 e. The van der Waals surface area contributed by atoms with Crippen LogP contribution in [0.25, 0.3) is 9.88 Å². The van der Waals surface area contributed by atoms with Crippen molar-refractivity contribution < 1.29 is 8.42 Å². The Kier molecular flexibility index (Phi) is 5.58. The minimum absolute atomic E-state index is 0.354. The summed E-state index contributed by atoms with van der Waals surface area (Å²) in [5.74, 6) is 0. The van der Waals surface area contributed by atoms with Crippen LogP contribution in [0.5, 0.6) is 0 Å². The summed E-state index contributed by atoms with van der Waals surface area (Å²) in [4.78, 5) is 6.17. The molecule has 0 radical (unpaired) electrons. The van der Waals surface area contributed by atoms with Gasteiger partial charge in [-0.2, -0.15) is 4.31 Å². The number of sulfonamides is 1. The number of piperidine rings is 1. The summed E-state index contributed by atoms with van der Waals surface area (Å²) in [6.07, 6.45) is 2.98. The number of thiophene rings is 1. The van der Waals surface area contributed by atoms with Gasteiger partial charge in [-0.05, 0) is 42.5 Å². The molecule has 3 heterocycles. The minimum atomic E-state index is -3.41. The van der Waals surface area contributed by atoms with E-state index in [4.69, 9.17) is 0 Å². The molecular formula is C19H21N3O2S3. The van der Waals surface area contributed by atoms with E-state index in [-0.39, 0.29) is 0 Å². The first kappa shape index (κ1) is 18.6. The highest BCUT2D eigenvalue weighted by atomic mass is 32.2. The molecule has 0 atom stereocenters. The highest BCUT2D eigenvalue weighted by molar-refractivity contribution is 7.89. The van der Waals surface area contributed by atoms with Gasteiger partial charge in [0.25, 0.3) is 0 Å². The van der Waals surface area contributed by atoms with Crippen molar-refractivity contribution in [2.75, 3.05) is 18.4 Å². The maximum atomic E-state index is 12.8. The molecule has 1 saturated heterocycles. The zero-order chi connectivity index (χ0) is 18.7. The Balaban J connectivity index is 1.45. The molecule has 0 bridgehead atoms. The molecular weight excluding hydrogens is 398 g/mol. The average molecular weight is 420 g/mol. The Morgan fingerprint density at radius 1 is 1.07 bits per heavy atom. The molecule has 4 rings (SSSR count). The van der Waals surface area contributed by atoms with Crippen LogP contribution in [0.4, 0.5) is 5.69 Å². The fourth-order valence-electron chi connectivity index (χ4n) is 3.12. The molecule has 1 N–H and O–H groups in total. The second-order valence-electron chi connectivity index (χ2n) is 6.47. The maximum Gasteiger partial charge on any atom is 0.243 e. The third-order valence-electron chi connectivity index (χ3n) is 4.54. The van der Waals surface area contributed by atoms with Gasteiger partial charge in [-0.25, -0.2) is 13.4 Å². The lowest BCUT2D eigenvalue weighted by Crippen LogP contribution is -2.35. The smallest absolute Gasteiger partial charge is 0.243 e. The topological polar surface area (TPSA) is 62.3 Å². The lowest BCUT2D eigenvalue weighted by molar-refractivity contribution is 0.346. The van der Waals surface area contributed by atoms with Crippen molar-refractivity contribution in [3.05, 3.63) is 52.9 Å². The van der Waals surface area contributed by atoms with E-state index in [2.05, 4.69) is 16.4 Å². The molecule has 142 valence electrons. The predicted molar refractivity (Wildman–Crippen MR) is 112 cm³/mol. The first-order valence-electron chi connectivity index (χ1n) is 8.95. The molecule has 1 aliphatic rings. The molecule has 8 heteroatoms. The van der Waals surface area contributed by atoms with Gasteiger partial charge in [0, 0.05) is 24.2 Å². The van der Waals surface area contributed by atoms with Crippen molar-refractivity contribution in [3.8, 4) is 9.88 Å². The molecule has 5 nitrogen and oxygen atoms in total. The SMILES string of the molecule is O=S(=O)(c1cccc(NCc2csc(-c3cccs3)n2)c1)N1CCCCC1. The summed E-state index contributed by atoms with van der Waals surface area (Å²) >= 11 is 3.30. The van der Waals surface area contributed by atoms with Crippen LogP contribution in [0.2, 0.25) is 0 Å².